The van der Waals surface area contributed by atoms with Gasteiger partial charge >= 0.3 is 5.97 Å². The number of carboxylic acids is 1. The first-order valence-electron chi connectivity index (χ1n) is 7.68. The van der Waals surface area contributed by atoms with E-state index in [1.807, 2.05) is 13.8 Å². The second-order valence-corrected chi connectivity index (χ2v) is 6.41. The number of carbonyl (C=O) groups excluding carboxylic acids is 2. The standard InChI is InChI=1S/C15H24N2O4/c1-10(2)17(6-5-14(19)20)15(21)12-7-13(18)16(9-12)8-11-3-4-11/h10-12H,3-9H2,1-2H3,(H,19,20). The van der Waals surface area contributed by atoms with E-state index in [1.165, 1.54) is 12.8 Å². The van der Waals surface area contributed by atoms with E-state index in [0.717, 1.165) is 6.54 Å². The van der Waals surface area contributed by atoms with Crippen LogP contribution in [-0.4, -0.2) is 58.4 Å². The zero-order valence-electron chi connectivity index (χ0n) is 12.7. The van der Waals surface area contributed by atoms with Crippen LogP contribution in [-0.2, 0) is 14.4 Å². The van der Waals surface area contributed by atoms with Crippen LogP contribution in [0, 0.1) is 11.8 Å². The second-order valence-electron chi connectivity index (χ2n) is 6.41. The molecule has 1 unspecified atom stereocenters. The molecule has 1 N–H and O–H groups in total. The van der Waals surface area contributed by atoms with Gasteiger partial charge in [0.25, 0.3) is 0 Å². The Labute approximate surface area is 125 Å². The van der Waals surface area contributed by atoms with Crippen molar-refractivity contribution < 1.29 is 19.5 Å². The molecule has 2 amide bonds. The average Bonchev–Trinajstić information content (AvgIpc) is 3.12. The minimum atomic E-state index is -0.911. The lowest BCUT2D eigenvalue weighted by Gasteiger charge is -2.28. The fraction of sp³-hybridized carbons (Fsp3) is 0.800. The molecule has 0 aromatic rings. The Morgan fingerprint density at radius 1 is 1.38 bits per heavy atom. The lowest BCUT2D eigenvalue weighted by Crippen LogP contribution is -2.43. The maximum atomic E-state index is 12.5. The summed E-state index contributed by atoms with van der Waals surface area (Å²) in [7, 11) is 0. The zero-order valence-corrected chi connectivity index (χ0v) is 12.7. The predicted molar refractivity (Wildman–Crippen MR) is 76.5 cm³/mol. The number of nitrogens with zero attached hydrogens (tertiary/aromatic N) is 2. The first kappa shape index (κ1) is 15.8. The van der Waals surface area contributed by atoms with Gasteiger partial charge in [-0.1, -0.05) is 0 Å². The Hall–Kier alpha value is -1.59. The number of carbonyl (C=O) groups is 3. The number of rotatable bonds is 7. The molecule has 2 rings (SSSR count). The van der Waals surface area contributed by atoms with E-state index in [4.69, 9.17) is 5.11 Å². The molecule has 21 heavy (non-hydrogen) atoms. The van der Waals surface area contributed by atoms with Gasteiger partial charge in [-0.15, -0.1) is 0 Å². The largest absolute Gasteiger partial charge is 0.481 e. The predicted octanol–water partition coefficient (Wildman–Crippen LogP) is 0.957. The van der Waals surface area contributed by atoms with Crippen molar-refractivity contribution in [1.29, 1.82) is 0 Å². The minimum Gasteiger partial charge on any atom is -0.481 e. The lowest BCUT2D eigenvalue weighted by atomic mass is 10.1. The molecule has 1 atom stereocenters. The maximum absolute atomic E-state index is 12.5. The second kappa shape index (κ2) is 6.45. The molecule has 1 aliphatic carbocycles. The number of carboxylic acid groups (broad SMARTS) is 1. The van der Waals surface area contributed by atoms with Crippen molar-refractivity contribution in [1.82, 2.24) is 9.80 Å². The summed E-state index contributed by atoms with van der Waals surface area (Å²) in [5, 5.41) is 8.78. The summed E-state index contributed by atoms with van der Waals surface area (Å²) in [6.07, 6.45) is 2.57. The highest BCUT2D eigenvalue weighted by molar-refractivity contribution is 5.89. The van der Waals surface area contributed by atoms with Gasteiger partial charge in [0.15, 0.2) is 0 Å². The highest BCUT2D eigenvalue weighted by Crippen LogP contribution is 2.32. The quantitative estimate of drug-likeness (QED) is 0.759. The maximum Gasteiger partial charge on any atom is 0.305 e. The van der Waals surface area contributed by atoms with Crippen molar-refractivity contribution in [3.8, 4) is 0 Å². The fourth-order valence-electron chi connectivity index (χ4n) is 2.80. The molecule has 2 fully saturated rings. The molecule has 2 aliphatic rings. The van der Waals surface area contributed by atoms with Crippen LogP contribution in [0.3, 0.4) is 0 Å². The third kappa shape index (κ3) is 4.19. The summed E-state index contributed by atoms with van der Waals surface area (Å²) in [6.45, 7) is 5.22. The smallest absolute Gasteiger partial charge is 0.305 e. The van der Waals surface area contributed by atoms with Gasteiger partial charge in [0.05, 0.1) is 12.3 Å². The zero-order chi connectivity index (χ0) is 15.6. The van der Waals surface area contributed by atoms with Gasteiger partial charge in [-0.25, -0.2) is 0 Å². The molecule has 1 heterocycles. The van der Waals surface area contributed by atoms with E-state index < -0.39 is 5.97 Å². The molecule has 0 aromatic carbocycles. The molecular formula is C15H24N2O4. The Morgan fingerprint density at radius 2 is 2.05 bits per heavy atom. The number of amides is 2. The van der Waals surface area contributed by atoms with Gasteiger partial charge in [0.1, 0.15) is 0 Å². The van der Waals surface area contributed by atoms with Crippen LogP contribution in [0.1, 0.15) is 39.5 Å². The highest BCUT2D eigenvalue weighted by Gasteiger charge is 2.39. The lowest BCUT2D eigenvalue weighted by molar-refractivity contribution is -0.141. The van der Waals surface area contributed by atoms with Gasteiger partial charge in [0, 0.05) is 32.1 Å². The number of hydrogen-bond acceptors (Lipinski definition) is 3. The summed E-state index contributed by atoms with van der Waals surface area (Å²) < 4.78 is 0. The monoisotopic (exact) mass is 296 g/mol. The first-order chi connectivity index (χ1) is 9.88. The topological polar surface area (TPSA) is 77.9 Å². The van der Waals surface area contributed by atoms with Crippen LogP contribution in [0.2, 0.25) is 0 Å². The highest BCUT2D eigenvalue weighted by atomic mass is 16.4. The third-order valence-corrected chi connectivity index (χ3v) is 4.21. The van der Waals surface area contributed by atoms with Crippen molar-refractivity contribution in [2.75, 3.05) is 19.6 Å². The summed E-state index contributed by atoms with van der Waals surface area (Å²) in [5.41, 5.74) is 0. The molecule has 0 radical (unpaired) electrons. The summed E-state index contributed by atoms with van der Waals surface area (Å²) in [4.78, 5) is 38.6. The van der Waals surface area contributed by atoms with Crippen molar-refractivity contribution in [2.45, 2.75) is 45.6 Å². The Morgan fingerprint density at radius 3 is 2.57 bits per heavy atom. The normalized spacial score (nSPS) is 22.0. The van der Waals surface area contributed by atoms with Crippen LogP contribution in [0.5, 0.6) is 0 Å². The number of hydrogen-bond donors (Lipinski definition) is 1. The van der Waals surface area contributed by atoms with E-state index in [2.05, 4.69) is 0 Å². The molecule has 0 aromatic heterocycles. The SMILES string of the molecule is CC(C)N(CCC(=O)O)C(=O)C1CC(=O)N(CC2CC2)C1. The average molecular weight is 296 g/mol. The summed E-state index contributed by atoms with van der Waals surface area (Å²) in [6, 6.07) is -0.0514. The van der Waals surface area contributed by atoms with Gasteiger partial charge in [-0.3, -0.25) is 14.4 Å². The van der Waals surface area contributed by atoms with E-state index in [-0.39, 0.29) is 43.2 Å². The van der Waals surface area contributed by atoms with Crippen molar-refractivity contribution in [3.05, 3.63) is 0 Å². The Bertz CT molecular complexity index is 431. The Kier molecular flexibility index (Phi) is 4.85. The molecule has 1 saturated heterocycles. The molecule has 6 heteroatoms. The van der Waals surface area contributed by atoms with Crippen molar-refractivity contribution in [3.63, 3.8) is 0 Å². The van der Waals surface area contributed by atoms with Crippen LogP contribution in [0.4, 0.5) is 0 Å². The van der Waals surface area contributed by atoms with Gasteiger partial charge in [-0.2, -0.15) is 0 Å². The van der Waals surface area contributed by atoms with E-state index >= 15 is 0 Å². The minimum absolute atomic E-state index is 0.0514. The van der Waals surface area contributed by atoms with E-state index in [9.17, 15) is 14.4 Å². The summed E-state index contributed by atoms with van der Waals surface area (Å²) in [5.74, 6) is -0.630. The third-order valence-electron chi connectivity index (χ3n) is 4.21. The first-order valence-corrected chi connectivity index (χ1v) is 7.68. The van der Waals surface area contributed by atoms with Crippen LogP contribution in [0.25, 0.3) is 0 Å². The van der Waals surface area contributed by atoms with Crippen LogP contribution >= 0.6 is 0 Å². The fourth-order valence-corrected chi connectivity index (χ4v) is 2.80. The van der Waals surface area contributed by atoms with Gasteiger partial charge < -0.3 is 14.9 Å². The molecule has 0 bridgehead atoms. The van der Waals surface area contributed by atoms with Crippen molar-refractivity contribution >= 4 is 17.8 Å². The summed E-state index contributed by atoms with van der Waals surface area (Å²) >= 11 is 0. The molecule has 1 aliphatic heterocycles. The number of aliphatic carboxylic acids is 1. The van der Waals surface area contributed by atoms with Crippen LogP contribution < -0.4 is 0 Å². The molecule has 1 saturated carbocycles. The van der Waals surface area contributed by atoms with Crippen LogP contribution in [0.15, 0.2) is 0 Å². The number of likely N-dealkylation sites (tertiary alicyclic amines) is 1. The van der Waals surface area contributed by atoms with Gasteiger partial charge in [-0.05, 0) is 32.6 Å². The van der Waals surface area contributed by atoms with Gasteiger partial charge in [0.2, 0.25) is 11.8 Å². The van der Waals surface area contributed by atoms with E-state index in [1.54, 1.807) is 9.80 Å². The van der Waals surface area contributed by atoms with E-state index in [0.29, 0.717) is 12.5 Å². The molecule has 6 nitrogen and oxygen atoms in total. The molecule has 118 valence electrons. The molecular weight excluding hydrogens is 272 g/mol. The Balaban J connectivity index is 1.93. The molecule has 0 spiro atoms. The van der Waals surface area contributed by atoms with Crippen molar-refractivity contribution in [2.24, 2.45) is 11.8 Å².